The molecule has 2 heterocycles. The lowest BCUT2D eigenvalue weighted by atomic mass is 9.96. The smallest absolute Gasteiger partial charge is 0.256 e. The first-order valence-electron chi connectivity index (χ1n) is 10.6. The maximum atomic E-state index is 13.0. The quantitative estimate of drug-likeness (QED) is 0.318. The average Bonchev–Trinajstić information content (AvgIpc) is 3.05. The first-order chi connectivity index (χ1) is 15.8. The molecule has 168 valence electrons. The molecule has 2 aromatic heterocycles. The average molecular weight is 477 g/mol. The van der Waals surface area contributed by atoms with E-state index in [1.54, 1.807) is 23.5 Å². The van der Waals surface area contributed by atoms with E-state index in [1.165, 1.54) is 0 Å². The summed E-state index contributed by atoms with van der Waals surface area (Å²) in [7, 11) is 0. The minimum atomic E-state index is -0.278. The van der Waals surface area contributed by atoms with Crippen LogP contribution in [0.2, 0.25) is 5.02 Å². The Kier molecular flexibility index (Phi) is 6.77. The number of carbonyl (C=O) groups excluding carboxylic acids is 1. The Bertz CT molecular complexity index is 1270. The molecule has 0 aliphatic heterocycles. The third kappa shape index (κ3) is 5.24. The molecule has 0 saturated heterocycles. The van der Waals surface area contributed by atoms with Gasteiger partial charge in [-0.2, -0.15) is 0 Å². The number of amides is 1. The van der Waals surface area contributed by atoms with E-state index in [1.807, 2.05) is 62.4 Å². The Morgan fingerprint density at radius 2 is 1.58 bits per heavy atom. The maximum absolute atomic E-state index is 13.0. The summed E-state index contributed by atoms with van der Waals surface area (Å²) in [6.07, 6.45) is 0. The van der Waals surface area contributed by atoms with E-state index in [0.29, 0.717) is 16.5 Å². The first kappa shape index (κ1) is 23.0. The predicted octanol–water partition coefficient (Wildman–Crippen LogP) is 6.88. The Hall–Kier alpha value is -3.22. The third-order valence-corrected chi connectivity index (χ3v) is 6.83. The van der Waals surface area contributed by atoms with Crippen LogP contribution in [-0.2, 0) is 0 Å². The zero-order chi connectivity index (χ0) is 23.5. The van der Waals surface area contributed by atoms with Crippen molar-refractivity contribution in [1.29, 1.82) is 0 Å². The van der Waals surface area contributed by atoms with E-state index in [-0.39, 0.29) is 11.9 Å². The molecule has 7 heteroatoms. The van der Waals surface area contributed by atoms with Gasteiger partial charge in [-0.25, -0.2) is 9.97 Å². The summed E-state index contributed by atoms with van der Waals surface area (Å²) in [5, 5.41) is 8.11. The minimum Gasteiger partial charge on any atom is -0.343 e. The van der Waals surface area contributed by atoms with E-state index in [2.05, 4.69) is 34.4 Å². The monoisotopic (exact) mass is 476 g/mol. The SMILES string of the molecule is Cc1cc(C)nc(N[C@H](c2ccc(Cl)cc2)c2c(NC(=O)c3ccccc3)sc(C)c2C)n1. The molecule has 0 bridgehead atoms. The van der Waals surface area contributed by atoms with Crippen molar-refractivity contribution in [2.75, 3.05) is 10.6 Å². The number of benzene rings is 2. The van der Waals surface area contributed by atoms with Crippen LogP contribution in [0.3, 0.4) is 0 Å². The van der Waals surface area contributed by atoms with Crippen LogP contribution in [0.5, 0.6) is 0 Å². The first-order valence-corrected chi connectivity index (χ1v) is 11.8. The van der Waals surface area contributed by atoms with E-state index in [4.69, 9.17) is 11.6 Å². The van der Waals surface area contributed by atoms with Crippen molar-refractivity contribution in [1.82, 2.24) is 9.97 Å². The van der Waals surface area contributed by atoms with Gasteiger partial charge in [-0.15, -0.1) is 11.3 Å². The number of nitrogens with zero attached hydrogens (tertiary/aromatic N) is 2. The van der Waals surface area contributed by atoms with Crippen molar-refractivity contribution in [3.05, 3.63) is 104 Å². The van der Waals surface area contributed by atoms with Gasteiger partial charge in [-0.1, -0.05) is 41.9 Å². The molecule has 0 fully saturated rings. The summed E-state index contributed by atoms with van der Waals surface area (Å²) >= 11 is 7.74. The minimum absolute atomic E-state index is 0.143. The standard InChI is InChI=1S/C26H25ClN4OS/c1-15-14-16(2)29-26(28-15)30-23(19-10-12-21(27)13-11-19)22-17(3)18(4)33-25(22)31-24(32)20-8-6-5-7-9-20/h5-14,23H,1-4H3,(H,31,32)(H,28,29,30)/t23-/m1/s1. The number of rotatable bonds is 6. The molecule has 0 spiro atoms. The zero-order valence-electron chi connectivity index (χ0n) is 18.9. The third-order valence-electron chi connectivity index (χ3n) is 5.44. The molecule has 4 aromatic rings. The van der Waals surface area contributed by atoms with Crippen LogP contribution < -0.4 is 10.6 Å². The largest absolute Gasteiger partial charge is 0.343 e. The Morgan fingerprint density at radius 3 is 2.21 bits per heavy atom. The molecule has 0 radical (unpaired) electrons. The van der Waals surface area contributed by atoms with E-state index in [0.717, 1.165) is 38.0 Å². The summed E-state index contributed by atoms with van der Waals surface area (Å²) in [6, 6.07) is 18.6. The number of hydrogen-bond acceptors (Lipinski definition) is 5. The number of nitrogens with one attached hydrogen (secondary N) is 2. The maximum Gasteiger partial charge on any atom is 0.256 e. The molecule has 1 amide bonds. The Morgan fingerprint density at radius 1 is 0.939 bits per heavy atom. The fraction of sp³-hybridized carbons (Fsp3) is 0.192. The molecular formula is C26H25ClN4OS. The van der Waals surface area contributed by atoms with Crippen LogP contribution in [0.1, 0.15) is 49.4 Å². The molecule has 4 rings (SSSR count). The van der Waals surface area contributed by atoms with Crippen LogP contribution in [0.25, 0.3) is 0 Å². The summed E-state index contributed by atoms with van der Waals surface area (Å²) in [5.41, 5.74) is 5.48. The van der Waals surface area contributed by atoms with E-state index >= 15 is 0 Å². The highest BCUT2D eigenvalue weighted by Crippen LogP contribution is 2.41. The molecule has 33 heavy (non-hydrogen) atoms. The molecular weight excluding hydrogens is 452 g/mol. The molecule has 1 atom stereocenters. The summed E-state index contributed by atoms with van der Waals surface area (Å²) in [6.45, 7) is 8.03. The second kappa shape index (κ2) is 9.73. The van der Waals surface area contributed by atoms with E-state index < -0.39 is 0 Å². The van der Waals surface area contributed by atoms with Crippen LogP contribution >= 0.6 is 22.9 Å². The highest BCUT2D eigenvalue weighted by molar-refractivity contribution is 7.16. The second-order valence-electron chi connectivity index (χ2n) is 7.95. The van der Waals surface area contributed by atoms with Gasteiger partial charge in [0.25, 0.3) is 5.91 Å². The number of aromatic nitrogens is 2. The van der Waals surface area contributed by atoms with Gasteiger partial charge in [-0.3, -0.25) is 4.79 Å². The fourth-order valence-electron chi connectivity index (χ4n) is 3.75. The molecule has 5 nitrogen and oxygen atoms in total. The van der Waals surface area contributed by atoms with Gasteiger partial charge >= 0.3 is 0 Å². The number of thiophene rings is 1. The molecule has 2 N–H and O–H groups in total. The fourth-order valence-corrected chi connectivity index (χ4v) is 4.97. The van der Waals surface area contributed by atoms with Gasteiger partial charge in [0.05, 0.1) is 6.04 Å². The predicted molar refractivity (Wildman–Crippen MR) is 137 cm³/mol. The normalized spacial score (nSPS) is 11.8. The highest BCUT2D eigenvalue weighted by atomic mass is 35.5. The molecule has 2 aromatic carbocycles. The van der Waals surface area contributed by atoms with Gasteiger partial charge in [0.1, 0.15) is 5.00 Å². The number of hydrogen-bond donors (Lipinski definition) is 2. The summed E-state index contributed by atoms with van der Waals surface area (Å²) < 4.78 is 0. The number of anilines is 2. The van der Waals surface area contributed by atoms with E-state index in [9.17, 15) is 4.79 Å². The lowest BCUT2D eigenvalue weighted by Gasteiger charge is -2.22. The molecule has 0 saturated carbocycles. The highest BCUT2D eigenvalue weighted by Gasteiger charge is 2.25. The Balaban J connectivity index is 1.79. The number of aryl methyl sites for hydroxylation is 3. The van der Waals surface area contributed by atoms with Gasteiger partial charge in [0.15, 0.2) is 0 Å². The lowest BCUT2D eigenvalue weighted by Crippen LogP contribution is -2.18. The van der Waals surface area contributed by atoms with Crippen LogP contribution in [-0.4, -0.2) is 15.9 Å². The van der Waals surface area contributed by atoms with Crippen molar-refractivity contribution in [2.24, 2.45) is 0 Å². The lowest BCUT2D eigenvalue weighted by molar-refractivity contribution is 0.102. The van der Waals surface area contributed by atoms with Crippen LogP contribution in [0, 0.1) is 27.7 Å². The van der Waals surface area contributed by atoms with Gasteiger partial charge in [0, 0.05) is 32.4 Å². The van der Waals surface area contributed by atoms with Crippen molar-refractivity contribution in [2.45, 2.75) is 33.7 Å². The van der Waals surface area contributed by atoms with Crippen molar-refractivity contribution in [3.8, 4) is 0 Å². The van der Waals surface area contributed by atoms with Gasteiger partial charge in [0.2, 0.25) is 5.95 Å². The number of carbonyl (C=O) groups is 1. The molecule has 0 aliphatic rings. The Labute approximate surface area is 202 Å². The molecule has 0 aliphatic carbocycles. The second-order valence-corrected chi connectivity index (χ2v) is 9.61. The van der Waals surface area contributed by atoms with Crippen molar-refractivity contribution < 1.29 is 4.79 Å². The van der Waals surface area contributed by atoms with Crippen molar-refractivity contribution >= 4 is 39.8 Å². The van der Waals surface area contributed by atoms with Gasteiger partial charge < -0.3 is 10.6 Å². The van der Waals surface area contributed by atoms with Crippen LogP contribution in [0.4, 0.5) is 10.9 Å². The summed E-state index contributed by atoms with van der Waals surface area (Å²) in [4.78, 5) is 23.3. The van der Waals surface area contributed by atoms with Crippen molar-refractivity contribution in [3.63, 3.8) is 0 Å². The summed E-state index contributed by atoms with van der Waals surface area (Å²) in [5.74, 6) is 0.395. The molecule has 0 unspecified atom stereocenters. The van der Waals surface area contributed by atoms with Gasteiger partial charge in [-0.05, 0) is 69.2 Å². The topological polar surface area (TPSA) is 66.9 Å². The van der Waals surface area contributed by atoms with Crippen LogP contribution in [0.15, 0.2) is 60.7 Å². The zero-order valence-corrected chi connectivity index (χ0v) is 20.5. The number of halogens is 1.